The third kappa shape index (κ3) is 4.07. The van der Waals surface area contributed by atoms with E-state index in [0.29, 0.717) is 12.1 Å². The molecule has 3 nitrogen and oxygen atoms in total. The lowest BCUT2D eigenvalue weighted by Crippen LogP contribution is -2.27. The van der Waals surface area contributed by atoms with Gasteiger partial charge in [0.2, 0.25) is 0 Å². The van der Waals surface area contributed by atoms with Gasteiger partial charge in [0.1, 0.15) is 0 Å². The highest BCUT2D eigenvalue weighted by Gasteiger charge is 2.23. The molecule has 0 aromatic heterocycles. The van der Waals surface area contributed by atoms with Crippen molar-refractivity contribution in [2.45, 2.75) is 51.4 Å². The molecule has 1 aliphatic heterocycles. The summed E-state index contributed by atoms with van der Waals surface area (Å²) in [5.74, 6) is 0. The van der Waals surface area contributed by atoms with Crippen molar-refractivity contribution in [2.24, 2.45) is 0 Å². The van der Waals surface area contributed by atoms with E-state index in [1.807, 2.05) is 0 Å². The van der Waals surface area contributed by atoms with Gasteiger partial charge in [0.05, 0.1) is 18.8 Å². The number of rotatable bonds is 5. The topological polar surface area (TPSA) is 41.5 Å². The Balaban J connectivity index is 2.03. The number of hydrogen-bond acceptors (Lipinski definition) is 3. The van der Waals surface area contributed by atoms with E-state index in [4.69, 9.17) is 9.84 Å². The highest BCUT2D eigenvalue weighted by Crippen LogP contribution is 2.21. The van der Waals surface area contributed by atoms with Crippen LogP contribution in [0.4, 0.5) is 0 Å². The van der Waals surface area contributed by atoms with Crippen LogP contribution in [0.15, 0.2) is 0 Å². The molecule has 2 atom stereocenters. The molecule has 0 radical (unpaired) electrons. The Bertz CT molecular complexity index is 139. The first kappa shape index (κ1) is 11.0. The second-order valence-electron chi connectivity index (χ2n) is 4.04. The van der Waals surface area contributed by atoms with Gasteiger partial charge in [0.15, 0.2) is 0 Å². The van der Waals surface area contributed by atoms with Crippen molar-refractivity contribution in [1.29, 1.82) is 0 Å². The van der Waals surface area contributed by atoms with Crippen molar-refractivity contribution in [3.8, 4) is 0 Å². The monoisotopic (exact) mass is 187 g/mol. The molecule has 1 saturated heterocycles. The van der Waals surface area contributed by atoms with E-state index in [1.54, 1.807) is 0 Å². The normalized spacial score (nSPS) is 28.6. The van der Waals surface area contributed by atoms with Crippen LogP contribution in [-0.4, -0.2) is 36.5 Å². The summed E-state index contributed by atoms with van der Waals surface area (Å²) in [6.07, 6.45) is 3.65. The van der Waals surface area contributed by atoms with Gasteiger partial charge in [-0.1, -0.05) is 13.8 Å². The van der Waals surface area contributed by atoms with Crippen LogP contribution < -0.4 is 5.32 Å². The number of nitrogens with one attached hydrogen (secondary N) is 1. The summed E-state index contributed by atoms with van der Waals surface area (Å²) < 4.78 is 5.60. The zero-order valence-corrected chi connectivity index (χ0v) is 8.62. The summed E-state index contributed by atoms with van der Waals surface area (Å²) in [6.45, 7) is 5.48. The SMILES string of the molecule is CC(C)NCCC1CCC(CO)O1. The van der Waals surface area contributed by atoms with E-state index in [0.717, 1.165) is 25.8 Å². The first-order chi connectivity index (χ1) is 6.22. The molecule has 0 aliphatic carbocycles. The highest BCUT2D eigenvalue weighted by atomic mass is 16.5. The molecule has 0 amide bonds. The molecule has 78 valence electrons. The maximum atomic E-state index is 8.86. The summed E-state index contributed by atoms with van der Waals surface area (Å²) in [7, 11) is 0. The molecule has 3 heteroatoms. The predicted molar refractivity (Wildman–Crippen MR) is 52.7 cm³/mol. The molecule has 0 spiro atoms. The molecule has 0 bridgehead atoms. The second kappa shape index (κ2) is 5.58. The van der Waals surface area contributed by atoms with E-state index in [2.05, 4.69) is 19.2 Å². The lowest BCUT2D eigenvalue weighted by molar-refractivity contribution is 0.00863. The van der Waals surface area contributed by atoms with Crippen LogP contribution in [0.2, 0.25) is 0 Å². The van der Waals surface area contributed by atoms with E-state index >= 15 is 0 Å². The van der Waals surface area contributed by atoms with Crippen LogP contribution >= 0.6 is 0 Å². The van der Waals surface area contributed by atoms with Gasteiger partial charge in [-0.2, -0.15) is 0 Å². The number of ether oxygens (including phenoxy) is 1. The third-order valence-electron chi connectivity index (χ3n) is 2.42. The van der Waals surface area contributed by atoms with Gasteiger partial charge >= 0.3 is 0 Å². The molecule has 1 heterocycles. The summed E-state index contributed by atoms with van der Waals surface area (Å²) in [5, 5.41) is 12.2. The van der Waals surface area contributed by atoms with E-state index < -0.39 is 0 Å². The minimum absolute atomic E-state index is 0.101. The van der Waals surface area contributed by atoms with Gasteiger partial charge in [0.25, 0.3) is 0 Å². The number of hydrogen-bond donors (Lipinski definition) is 2. The molecule has 1 aliphatic rings. The highest BCUT2D eigenvalue weighted by molar-refractivity contribution is 4.73. The van der Waals surface area contributed by atoms with Crippen LogP contribution in [0.5, 0.6) is 0 Å². The molecule has 0 aromatic rings. The molecular formula is C10H21NO2. The molecule has 13 heavy (non-hydrogen) atoms. The Hall–Kier alpha value is -0.120. The van der Waals surface area contributed by atoms with E-state index in [9.17, 15) is 0 Å². The molecule has 1 rings (SSSR count). The Morgan fingerprint density at radius 2 is 2.08 bits per heavy atom. The maximum Gasteiger partial charge on any atom is 0.0810 e. The van der Waals surface area contributed by atoms with E-state index in [-0.39, 0.29) is 12.7 Å². The largest absolute Gasteiger partial charge is 0.394 e. The summed E-state index contributed by atoms with van der Waals surface area (Å²) in [6, 6.07) is 0.551. The minimum atomic E-state index is 0.101. The van der Waals surface area contributed by atoms with Gasteiger partial charge < -0.3 is 15.2 Å². The average molecular weight is 187 g/mol. The standard InChI is InChI=1S/C10H21NO2/c1-8(2)11-6-5-9-3-4-10(7-12)13-9/h8-12H,3-7H2,1-2H3. The van der Waals surface area contributed by atoms with Crippen molar-refractivity contribution in [3.63, 3.8) is 0 Å². The fourth-order valence-corrected chi connectivity index (χ4v) is 1.66. The van der Waals surface area contributed by atoms with Crippen molar-refractivity contribution >= 4 is 0 Å². The predicted octanol–water partition coefficient (Wildman–Crippen LogP) is 0.914. The van der Waals surface area contributed by atoms with E-state index in [1.165, 1.54) is 0 Å². The van der Waals surface area contributed by atoms with Gasteiger partial charge in [-0.15, -0.1) is 0 Å². The molecule has 0 aromatic carbocycles. The smallest absolute Gasteiger partial charge is 0.0810 e. The van der Waals surface area contributed by atoms with Crippen molar-refractivity contribution in [2.75, 3.05) is 13.2 Å². The van der Waals surface area contributed by atoms with Gasteiger partial charge in [-0.05, 0) is 25.8 Å². The third-order valence-corrected chi connectivity index (χ3v) is 2.42. The van der Waals surface area contributed by atoms with Crippen molar-refractivity contribution in [3.05, 3.63) is 0 Å². The van der Waals surface area contributed by atoms with Gasteiger partial charge in [0, 0.05) is 6.04 Å². The first-order valence-corrected chi connectivity index (χ1v) is 5.22. The Morgan fingerprint density at radius 3 is 2.62 bits per heavy atom. The number of aliphatic hydroxyl groups is 1. The quantitative estimate of drug-likeness (QED) is 0.672. The minimum Gasteiger partial charge on any atom is -0.394 e. The van der Waals surface area contributed by atoms with Gasteiger partial charge in [-0.25, -0.2) is 0 Å². The van der Waals surface area contributed by atoms with Crippen LogP contribution in [0, 0.1) is 0 Å². The maximum absolute atomic E-state index is 8.86. The Labute approximate surface area is 80.5 Å². The van der Waals surface area contributed by atoms with Crippen LogP contribution in [0.3, 0.4) is 0 Å². The average Bonchev–Trinajstić information content (AvgIpc) is 2.52. The van der Waals surface area contributed by atoms with Crippen LogP contribution in [0.1, 0.15) is 33.1 Å². The molecule has 2 N–H and O–H groups in total. The summed E-state index contributed by atoms with van der Waals surface area (Å²) in [5.41, 5.74) is 0. The first-order valence-electron chi connectivity index (χ1n) is 5.22. The Morgan fingerprint density at radius 1 is 1.38 bits per heavy atom. The number of aliphatic hydroxyl groups excluding tert-OH is 1. The Kier molecular flexibility index (Phi) is 4.70. The van der Waals surface area contributed by atoms with Crippen molar-refractivity contribution in [1.82, 2.24) is 5.32 Å². The zero-order valence-electron chi connectivity index (χ0n) is 8.62. The molecule has 1 fully saturated rings. The molecular weight excluding hydrogens is 166 g/mol. The summed E-state index contributed by atoms with van der Waals surface area (Å²) >= 11 is 0. The lowest BCUT2D eigenvalue weighted by atomic mass is 10.1. The molecule has 2 unspecified atom stereocenters. The van der Waals surface area contributed by atoms with Gasteiger partial charge in [-0.3, -0.25) is 0 Å². The second-order valence-corrected chi connectivity index (χ2v) is 4.04. The van der Waals surface area contributed by atoms with Crippen molar-refractivity contribution < 1.29 is 9.84 Å². The molecule has 0 saturated carbocycles. The van der Waals surface area contributed by atoms with Crippen LogP contribution in [-0.2, 0) is 4.74 Å². The fourth-order valence-electron chi connectivity index (χ4n) is 1.66. The summed E-state index contributed by atoms with van der Waals surface area (Å²) in [4.78, 5) is 0. The fraction of sp³-hybridized carbons (Fsp3) is 1.00. The zero-order chi connectivity index (χ0) is 9.68. The van der Waals surface area contributed by atoms with Crippen LogP contribution in [0.25, 0.3) is 0 Å². The lowest BCUT2D eigenvalue weighted by Gasteiger charge is -2.13.